The van der Waals surface area contributed by atoms with Crippen LogP contribution in [0.1, 0.15) is 44.1 Å². The molecule has 2 nitrogen and oxygen atoms in total. The van der Waals surface area contributed by atoms with Crippen LogP contribution in [0.15, 0.2) is 35.6 Å². The molecule has 1 aromatic rings. The Morgan fingerprint density at radius 3 is 2.94 bits per heavy atom. The maximum absolute atomic E-state index is 12.1. The highest BCUT2D eigenvalue weighted by molar-refractivity contribution is 5.98. The quantitative estimate of drug-likeness (QED) is 0.734. The standard InChI is InChI=1S/C15H16O2/c1-2-10-11-6-3-4-8-13(11)17-14-9-5-7-12(16)15(10)14/h3-4,6,8,10H,2,5,7,9H2,1H3/t10-/m1/s1. The first kappa shape index (κ1) is 10.6. The number of rotatable bonds is 1. The molecule has 0 amide bonds. The molecule has 0 bridgehead atoms. The van der Waals surface area contributed by atoms with Gasteiger partial charge in [-0.2, -0.15) is 0 Å². The maximum Gasteiger partial charge on any atom is 0.162 e. The van der Waals surface area contributed by atoms with E-state index in [2.05, 4.69) is 13.0 Å². The molecular weight excluding hydrogens is 212 g/mol. The molecule has 0 aromatic heterocycles. The Bertz CT molecular complexity index is 499. The Balaban J connectivity index is 2.13. The number of carbonyl (C=O) groups is 1. The van der Waals surface area contributed by atoms with Gasteiger partial charge in [0.25, 0.3) is 0 Å². The van der Waals surface area contributed by atoms with Gasteiger partial charge in [-0.05, 0) is 18.9 Å². The van der Waals surface area contributed by atoms with Crippen LogP contribution < -0.4 is 4.74 Å². The second-order valence-corrected chi connectivity index (χ2v) is 4.71. The summed E-state index contributed by atoms with van der Waals surface area (Å²) in [5.74, 6) is 2.38. The summed E-state index contributed by atoms with van der Waals surface area (Å²) >= 11 is 0. The average Bonchev–Trinajstić information content (AvgIpc) is 2.36. The largest absolute Gasteiger partial charge is 0.461 e. The van der Waals surface area contributed by atoms with E-state index >= 15 is 0 Å². The zero-order chi connectivity index (χ0) is 11.8. The van der Waals surface area contributed by atoms with Crippen molar-refractivity contribution in [1.29, 1.82) is 0 Å². The van der Waals surface area contributed by atoms with Gasteiger partial charge in [-0.3, -0.25) is 4.79 Å². The summed E-state index contributed by atoms with van der Waals surface area (Å²) in [5.41, 5.74) is 2.11. The van der Waals surface area contributed by atoms with Crippen LogP contribution in [0.4, 0.5) is 0 Å². The number of Topliss-reactive ketones (excluding diaryl/α,β-unsaturated/α-hetero) is 1. The van der Waals surface area contributed by atoms with Crippen LogP contribution in [0.5, 0.6) is 5.75 Å². The van der Waals surface area contributed by atoms with Gasteiger partial charge in [-0.25, -0.2) is 0 Å². The second-order valence-electron chi connectivity index (χ2n) is 4.71. The first-order chi connectivity index (χ1) is 8.31. The lowest BCUT2D eigenvalue weighted by Gasteiger charge is -2.31. The Kier molecular flexibility index (Phi) is 2.50. The Hall–Kier alpha value is -1.57. The molecule has 3 rings (SSSR count). The third-order valence-electron chi connectivity index (χ3n) is 3.69. The minimum atomic E-state index is 0.239. The third kappa shape index (κ3) is 1.59. The highest BCUT2D eigenvalue weighted by atomic mass is 16.5. The smallest absolute Gasteiger partial charge is 0.162 e. The highest BCUT2D eigenvalue weighted by Crippen LogP contribution is 2.44. The summed E-state index contributed by atoms with van der Waals surface area (Å²) in [6.45, 7) is 2.14. The predicted molar refractivity (Wildman–Crippen MR) is 66.0 cm³/mol. The number of ketones is 1. The number of ether oxygens (including phenoxy) is 1. The molecule has 1 heterocycles. The van der Waals surface area contributed by atoms with Crippen molar-refractivity contribution in [1.82, 2.24) is 0 Å². The van der Waals surface area contributed by atoms with E-state index in [0.717, 1.165) is 36.3 Å². The average molecular weight is 228 g/mol. The van der Waals surface area contributed by atoms with Gasteiger partial charge in [0.1, 0.15) is 11.5 Å². The monoisotopic (exact) mass is 228 g/mol. The van der Waals surface area contributed by atoms with Crippen LogP contribution in [0.2, 0.25) is 0 Å². The summed E-state index contributed by atoms with van der Waals surface area (Å²) in [5, 5.41) is 0. The Morgan fingerprint density at radius 2 is 2.12 bits per heavy atom. The molecule has 0 fully saturated rings. The molecule has 0 unspecified atom stereocenters. The molecule has 1 aliphatic carbocycles. The number of benzene rings is 1. The van der Waals surface area contributed by atoms with Gasteiger partial charge < -0.3 is 4.74 Å². The zero-order valence-corrected chi connectivity index (χ0v) is 10.0. The van der Waals surface area contributed by atoms with Gasteiger partial charge in [-0.1, -0.05) is 25.1 Å². The molecule has 0 radical (unpaired) electrons. The molecule has 2 heteroatoms. The minimum absolute atomic E-state index is 0.239. The molecular formula is C15H16O2. The van der Waals surface area contributed by atoms with Gasteiger partial charge in [0.05, 0.1) is 0 Å². The summed E-state index contributed by atoms with van der Waals surface area (Å²) in [6.07, 6.45) is 3.48. The molecule has 17 heavy (non-hydrogen) atoms. The van der Waals surface area contributed by atoms with Crippen molar-refractivity contribution >= 4 is 5.78 Å². The molecule has 2 aliphatic rings. The van der Waals surface area contributed by atoms with E-state index in [-0.39, 0.29) is 11.7 Å². The molecule has 0 saturated heterocycles. The minimum Gasteiger partial charge on any atom is -0.461 e. The van der Waals surface area contributed by atoms with Crippen molar-refractivity contribution in [3.8, 4) is 5.75 Å². The van der Waals surface area contributed by atoms with E-state index in [1.807, 2.05) is 18.2 Å². The first-order valence-corrected chi connectivity index (χ1v) is 6.34. The van der Waals surface area contributed by atoms with Crippen molar-refractivity contribution in [2.45, 2.75) is 38.5 Å². The predicted octanol–water partition coefficient (Wildman–Crippen LogP) is 3.58. The number of hydrogen-bond donors (Lipinski definition) is 0. The third-order valence-corrected chi connectivity index (χ3v) is 3.69. The van der Waals surface area contributed by atoms with Crippen LogP contribution in [0.25, 0.3) is 0 Å². The van der Waals surface area contributed by atoms with Crippen LogP contribution >= 0.6 is 0 Å². The van der Waals surface area contributed by atoms with E-state index in [9.17, 15) is 4.79 Å². The first-order valence-electron chi connectivity index (χ1n) is 6.34. The summed E-state index contributed by atoms with van der Waals surface area (Å²) in [7, 11) is 0. The van der Waals surface area contributed by atoms with Crippen molar-refractivity contribution < 1.29 is 9.53 Å². The summed E-state index contributed by atoms with van der Waals surface area (Å²) in [4.78, 5) is 12.1. The van der Waals surface area contributed by atoms with Crippen LogP contribution in [0.3, 0.4) is 0 Å². The van der Waals surface area contributed by atoms with E-state index < -0.39 is 0 Å². The lowest BCUT2D eigenvalue weighted by Crippen LogP contribution is -2.24. The van der Waals surface area contributed by atoms with Crippen LogP contribution in [-0.2, 0) is 4.79 Å². The van der Waals surface area contributed by atoms with Crippen molar-refractivity contribution in [2.24, 2.45) is 0 Å². The van der Waals surface area contributed by atoms with Gasteiger partial charge in [0, 0.05) is 29.9 Å². The number of hydrogen-bond acceptors (Lipinski definition) is 2. The second kappa shape index (κ2) is 4.02. The molecule has 0 saturated carbocycles. The molecule has 88 valence electrons. The molecule has 0 spiro atoms. The Morgan fingerprint density at radius 1 is 1.29 bits per heavy atom. The number of para-hydroxylation sites is 1. The van der Waals surface area contributed by atoms with Gasteiger partial charge in [0.2, 0.25) is 0 Å². The van der Waals surface area contributed by atoms with Gasteiger partial charge in [-0.15, -0.1) is 0 Å². The molecule has 0 N–H and O–H groups in total. The lowest BCUT2D eigenvalue weighted by atomic mass is 9.79. The number of allylic oxidation sites excluding steroid dienone is 2. The SMILES string of the molecule is CC[C@H]1C2=C(CCCC2=O)Oc2ccccc21. The van der Waals surface area contributed by atoms with E-state index in [4.69, 9.17) is 4.74 Å². The fourth-order valence-corrected chi connectivity index (χ4v) is 2.90. The van der Waals surface area contributed by atoms with Gasteiger partial charge in [0.15, 0.2) is 5.78 Å². The van der Waals surface area contributed by atoms with Gasteiger partial charge >= 0.3 is 0 Å². The molecule has 1 aromatic carbocycles. The maximum atomic E-state index is 12.1. The normalized spacial score (nSPS) is 22.9. The molecule has 1 aliphatic heterocycles. The highest BCUT2D eigenvalue weighted by Gasteiger charge is 2.34. The lowest BCUT2D eigenvalue weighted by molar-refractivity contribution is -0.116. The summed E-state index contributed by atoms with van der Waals surface area (Å²) < 4.78 is 5.90. The Labute approximate surface area is 101 Å². The summed E-state index contributed by atoms with van der Waals surface area (Å²) in [6, 6.07) is 8.08. The fraction of sp³-hybridized carbons (Fsp3) is 0.400. The topological polar surface area (TPSA) is 26.3 Å². The van der Waals surface area contributed by atoms with Crippen LogP contribution in [-0.4, -0.2) is 5.78 Å². The number of carbonyl (C=O) groups excluding carboxylic acids is 1. The van der Waals surface area contributed by atoms with Crippen molar-refractivity contribution in [3.05, 3.63) is 41.2 Å². The van der Waals surface area contributed by atoms with Crippen molar-refractivity contribution in [3.63, 3.8) is 0 Å². The zero-order valence-electron chi connectivity index (χ0n) is 10.0. The van der Waals surface area contributed by atoms with Crippen molar-refractivity contribution in [2.75, 3.05) is 0 Å². The van der Waals surface area contributed by atoms with E-state index in [1.54, 1.807) is 0 Å². The molecule has 1 atom stereocenters. The fourth-order valence-electron chi connectivity index (χ4n) is 2.90. The van der Waals surface area contributed by atoms with Crippen LogP contribution in [0, 0.1) is 0 Å². The van der Waals surface area contributed by atoms with E-state index in [1.165, 1.54) is 5.56 Å². The van der Waals surface area contributed by atoms with E-state index in [0.29, 0.717) is 6.42 Å². The number of fused-ring (bicyclic) bond motifs is 1.